The van der Waals surface area contributed by atoms with Crippen LogP contribution in [-0.4, -0.2) is 0 Å². The first-order valence-electron chi connectivity index (χ1n) is 15.8. The molecule has 0 saturated heterocycles. The summed E-state index contributed by atoms with van der Waals surface area (Å²) in [5, 5.41) is 0. The van der Waals surface area contributed by atoms with E-state index in [-0.39, 0.29) is 10.8 Å². The van der Waals surface area contributed by atoms with Gasteiger partial charge in [0.05, 0.1) is 0 Å². The lowest BCUT2D eigenvalue weighted by atomic mass is 9.56. The minimum Gasteiger partial charge on any atom is -0.0767 e. The van der Waals surface area contributed by atoms with Gasteiger partial charge >= 0.3 is 0 Å². The first-order valence-corrected chi connectivity index (χ1v) is 15.8. The minimum atomic E-state index is 0.191. The summed E-state index contributed by atoms with van der Waals surface area (Å²) < 4.78 is 0. The van der Waals surface area contributed by atoms with Crippen LogP contribution in [0.5, 0.6) is 0 Å². The Balaban J connectivity index is 1.17. The molecule has 7 rings (SSSR count). The molecule has 0 aromatic carbocycles. The lowest BCUT2D eigenvalue weighted by Crippen LogP contribution is -2.38. The summed E-state index contributed by atoms with van der Waals surface area (Å²) in [5.74, 6) is 2.17. The van der Waals surface area contributed by atoms with Crippen molar-refractivity contribution in [3.8, 4) is 0 Å². The highest BCUT2D eigenvalue weighted by Crippen LogP contribution is 2.55. The summed E-state index contributed by atoms with van der Waals surface area (Å²) >= 11 is 0. The van der Waals surface area contributed by atoms with Gasteiger partial charge in [0.15, 0.2) is 0 Å². The van der Waals surface area contributed by atoms with E-state index in [0.29, 0.717) is 23.7 Å². The first kappa shape index (κ1) is 26.1. The van der Waals surface area contributed by atoms with E-state index >= 15 is 0 Å². The fraction of sp³-hybridized carbons (Fsp3) is 0.450. The van der Waals surface area contributed by atoms with Crippen LogP contribution in [0.1, 0.15) is 80.1 Å². The fourth-order valence-corrected chi connectivity index (χ4v) is 8.26. The molecule has 0 nitrogen and oxygen atoms in total. The van der Waals surface area contributed by atoms with Gasteiger partial charge in [0.2, 0.25) is 0 Å². The third kappa shape index (κ3) is 4.43. The van der Waals surface area contributed by atoms with E-state index in [1.807, 2.05) is 0 Å². The maximum absolute atomic E-state index is 2.59. The van der Waals surface area contributed by atoms with Crippen molar-refractivity contribution in [2.75, 3.05) is 0 Å². The molecule has 7 aliphatic carbocycles. The maximum atomic E-state index is 2.59. The topological polar surface area (TPSA) is 0 Å². The third-order valence-corrected chi connectivity index (χ3v) is 10.7. The second-order valence-corrected chi connectivity index (χ2v) is 15.2. The van der Waals surface area contributed by atoms with Crippen LogP contribution in [0.25, 0.3) is 0 Å². The third-order valence-electron chi connectivity index (χ3n) is 10.7. The summed E-state index contributed by atoms with van der Waals surface area (Å²) in [5.41, 5.74) is 16.2. The Bertz CT molecular complexity index is 1490. The van der Waals surface area contributed by atoms with Crippen LogP contribution >= 0.6 is 0 Å². The number of hydrogen-bond acceptors (Lipinski definition) is 0. The SMILES string of the molecule is CC(C)(C)C1=CC2C=CC3=CC=C(C4=CC5=C(C=C(C6=CC=C(C(C)(C)C)CC6)CC5)CC4)C4C=CC(=C1)C2C34. The monoisotopic (exact) mass is 526 g/mol. The lowest BCUT2D eigenvalue weighted by Gasteiger charge is -2.47. The van der Waals surface area contributed by atoms with Gasteiger partial charge in [-0.1, -0.05) is 120 Å². The van der Waals surface area contributed by atoms with Crippen molar-refractivity contribution in [2.45, 2.75) is 80.1 Å². The van der Waals surface area contributed by atoms with Crippen molar-refractivity contribution >= 4 is 0 Å². The van der Waals surface area contributed by atoms with Crippen molar-refractivity contribution < 1.29 is 0 Å². The zero-order valence-electron chi connectivity index (χ0n) is 25.5. The molecule has 4 atom stereocenters. The molecule has 0 fully saturated rings. The molecule has 0 amide bonds. The molecule has 0 saturated carbocycles. The Morgan fingerprint density at radius 2 is 1.27 bits per heavy atom. The molecule has 0 spiro atoms. The van der Waals surface area contributed by atoms with E-state index in [4.69, 9.17) is 0 Å². The Labute approximate surface area is 242 Å². The van der Waals surface area contributed by atoms with Crippen LogP contribution in [-0.2, 0) is 0 Å². The van der Waals surface area contributed by atoms with E-state index in [1.165, 1.54) is 49.7 Å². The minimum absolute atomic E-state index is 0.191. The molecule has 0 bridgehead atoms. The van der Waals surface area contributed by atoms with Gasteiger partial charge in [0, 0.05) is 23.7 Å². The number of allylic oxidation sites excluding steroid dienone is 22. The average molecular weight is 527 g/mol. The van der Waals surface area contributed by atoms with E-state index in [2.05, 4.69) is 114 Å². The summed E-state index contributed by atoms with van der Waals surface area (Å²) in [6, 6.07) is 0. The first-order chi connectivity index (χ1) is 19.1. The van der Waals surface area contributed by atoms with E-state index in [1.54, 1.807) is 44.6 Å². The van der Waals surface area contributed by atoms with Crippen molar-refractivity contribution in [3.63, 3.8) is 0 Å². The van der Waals surface area contributed by atoms with Crippen LogP contribution in [0.3, 0.4) is 0 Å². The maximum Gasteiger partial charge on any atom is 0.00988 e. The average Bonchev–Trinajstić information content (AvgIpc) is 2.94. The van der Waals surface area contributed by atoms with Gasteiger partial charge in [-0.2, -0.15) is 0 Å². The number of rotatable bonds is 2. The van der Waals surface area contributed by atoms with Crippen LogP contribution in [0, 0.1) is 34.5 Å². The van der Waals surface area contributed by atoms with Gasteiger partial charge in [0.1, 0.15) is 0 Å². The van der Waals surface area contributed by atoms with Gasteiger partial charge < -0.3 is 0 Å². The molecule has 4 unspecified atom stereocenters. The molecule has 40 heavy (non-hydrogen) atoms. The molecule has 0 aliphatic heterocycles. The Hall–Kier alpha value is -2.86. The van der Waals surface area contributed by atoms with E-state index < -0.39 is 0 Å². The highest BCUT2D eigenvalue weighted by molar-refractivity contribution is 5.58. The predicted molar refractivity (Wildman–Crippen MR) is 171 cm³/mol. The largest absolute Gasteiger partial charge is 0.0767 e. The summed E-state index contributed by atoms with van der Waals surface area (Å²) in [6.07, 6.45) is 37.1. The van der Waals surface area contributed by atoms with E-state index in [0.717, 1.165) is 0 Å². The quantitative estimate of drug-likeness (QED) is 0.336. The van der Waals surface area contributed by atoms with Gasteiger partial charge in [-0.3, -0.25) is 0 Å². The van der Waals surface area contributed by atoms with Gasteiger partial charge in [-0.15, -0.1) is 0 Å². The van der Waals surface area contributed by atoms with Crippen LogP contribution in [0.2, 0.25) is 0 Å². The molecule has 0 N–H and O–H groups in total. The van der Waals surface area contributed by atoms with Crippen molar-refractivity contribution in [2.24, 2.45) is 34.5 Å². The standard InChI is InChI=1S/C40H46/c1-39(2,3)33-17-13-25(14-18-33)27-8-9-29-22-30(11-10-28(29)21-27)35-19-15-26-7-12-31-23-34(40(4,5)6)24-32-16-20-36(35)38(26)37(31)32/h7,12-13,15-17,19-24,31,36-38H,8-11,14,18H2,1-6H3. The summed E-state index contributed by atoms with van der Waals surface area (Å²) in [6.45, 7) is 14.1. The molecule has 0 radical (unpaired) electrons. The van der Waals surface area contributed by atoms with Crippen LogP contribution in [0.15, 0.2) is 129 Å². The van der Waals surface area contributed by atoms with Crippen LogP contribution < -0.4 is 0 Å². The van der Waals surface area contributed by atoms with E-state index in [9.17, 15) is 0 Å². The smallest absolute Gasteiger partial charge is 0.00988 e. The van der Waals surface area contributed by atoms with Gasteiger partial charge in [-0.05, 0) is 99.5 Å². The normalized spacial score (nSPS) is 31.1. The second kappa shape index (κ2) is 9.34. The van der Waals surface area contributed by atoms with Gasteiger partial charge in [0.25, 0.3) is 0 Å². The molecular formula is C40H46. The summed E-state index contributed by atoms with van der Waals surface area (Å²) in [7, 11) is 0. The molecule has 0 aromatic rings. The Kier molecular flexibility index (Phi) is 6.08. The molecular weight excluding hydrogens is 480 g/mol. The van der Waals surface area contributed by atoms with Crippen molar-refractivity contribution in [3.05, 3.63) is 129 Å². The highest BCUT2D eigenvalue weighted by Gasteiger charge is 2.45. The zero-order valence-corrected chi connectivity index (χ0v) is 25.5. The summed E-state index contributed by atoms with van der Waals surface area (Å²) in [4.78, 5) is 0. The second-order valence-electron chi connectivity index (χ2n) is 15.2. The molecule has 0 heteroatoms. The Morgan fingerprint density at radius 1 is 0.575 bits per heavy atom. The van der Waals surface area contributed by atoms with Gasteiger partial charge in [-0.25, -0.2) is 0 Å². The molecule has 206 valence electrons. The zero-order chi connectivity index (χ0) is 27.8. The lowest BCUT2D eigenvalue weighted by molar-refractivity contribution is 0.310. The molecule has 0 aromatic heterocycles. The molecule has 0 heterocycles. The number of hydrogen-bond donors (Lipinski definition) is 0. The van der Waals surface area contributed by atoms with Crippen molar-refractivity contribution in [1.29, 1.82) is 0 Å². The molecule has 7 aliphatic rings. The predicted octanol–water partition coefficient (Wildman–Crippen LogP) is 10.8. The van der Waals surface area contributed by atoms with Crippen molar-refractivity contribution in [1.82, 2.24) is 0 Å². The Morgan fingerprint density at radius 3 is 1.98 bits per heavy atom. The van der Waals surface area contributed by atoms with Crippen LogP contribution in [0.4, 0.5) is 0 Å². The highest BCUT2D eigenvalue weighted by atomic mass is 14.5. The fourth-order valence-electron chi connectivity index (χ4n) is 8.26.